The van der Waals surface area contributed by atoms with Crippen LogP contribution in [-0.2, 0) is 6.42 Å². The van der Waals surface area contributed by atoms with E-state index in [0.717, 1.165) is 41.7 Å². The van der Waals surface area contributed by atoms with Crippen molar-refractivity contribution in [1.29, 1.82) is 5.26 Å². The number of thioether (sulfide) groups is 1. The summed E-state index contributed by atoms with van der Waals surface area (Å²) in [7, 11) is 0. The molecule has 4 nitrogen and oxygen atoms in total. The van der Waals surface area contributed by atoms with E-state index in [1.54, 1.807) is 11.8 Å². The average molecular weight is 284 g/mol. The molecule has 1 heterocycles. The van der Waals surface area contributed by atoms with Crippen LogP contribution in [0.5, 0.6) is 0 Å². The second-order valence-corrected chi connectivity index (χ2v) is 6.39. The fourth-order valence-corrected chi connectivity index (χ4v) is 3.29. The molecule has 1 rings (SSSR count). The van der Waals surface area contributed by atoms with Crippen LogP contribution in [0.4, 0.5) is 0 Å². The van der Waals surface area contributed by atoms with Crippen molar-refractivity contribution in [1.82, 2.24) is 14.7 Å². The summed E-state index contributed by atoms with van der Waals surface area (Å²) in [6, 6.07) is 2.36. The first-order valence-corrected chi connectivity index (χ1v) is 8.01. The summed E-state index contributed by atoms with van der Waals surface area (Å²) < 4.78 is 5.25. The van der Waals surface area contributed by atoms with Gasteiger partial charge in [0, 0.05) is 12.2 Å². The molecular formula is C12H20N4S2. The maximum absolute atomic E-state index is 9.20. The van der Waals surface area contributed by atoms with Gasteiger partial charge in [0.15, 0.2) is 4.34 Å². The molecule has 1 aromatic rings. The Morgan fingerprint density at radius 2 is 2.28 bits per heavy atom. The number of nitriles is 1. The highest BCUT2D eigenvalue weighted by atomic mass is 32.2. The van der Waals surface area contributed by atoms with Crippen molar-refractivity contribution in [2.24, 2.45) is 0 Å². The molecule has 0 fully saturated rings. The Morgan fingerprint density at radius 3 is 2.83 bits per heavy atom. The van der Waals surface area contributed by atoms with Crippen molar-refractivity contribution in [3.63, 3.8) is 0 Å². The number of hydrogen-bond donors (Lipinski definition) is 1. The molecule has 0 saturated carbocycles. The molecule has 0 aliphatic carbocycles. The van der Waals surface area contributed by atoms with E-state index in [0.29, 0.717) is 0 Å². The van der Waals surface area contributed by atoms with Crippen molar-refractivity contribution in [2.45, 2.75) is 49.9 Å². The highest BCUT2D eigenvalue weighted by Crippen LogP contribution is 2.23. The van der Waals surface area contributed by atoms with Crippen molar-refractivity contribution in [3.8, 4) is 6.07 Å². The van der Waals surface area contributed by atoms with Gasteiger partial charge in [0.1, 0.15) is 11.4 Å². The van der Waals surface area contributed by atoms with Crippen LogP contribution in [-0.4, -0.2) is 27.2 Å². The normalized spacial score (nSPS) is 14.1. The van der Waals surface area contributed by atoms with Gasteiger partial charge in [-0.3, -0.25) is 5.32 Å². The van der Waals surface area contributed by atoms with Crippen LogP contribution in [0.3, 0.4) is 0 Å². The lowest BCUT2D eigenvalue weighted by atomic mass is 10.0. The van der Waals surface area contributed by atoms with Crippen molar-refractivity contribution < 1.29 is 0 Å². The van der Waals surface area contributed by atoms with Gasteiger partial charge in [-0.2, -0.15) is 9.64 Å². The fourth-order valence-electron chi connectivity index (χ4n) is 1.37. The molecule has 0 aromatic carbocycles. The second-order valence-electron chi connectivity index (χ2n) is 4.30. The Labute approximate surface area is 117 Å². The van der Waals surface area contributed by atoms with Crippen LogP contribution in [0.1, 0.15) is 39.4 Å². The smallest absolute Gasteiger partial charge is 0.170 e. The quantitative estimate of drug-likeness (QED) is 0.744. The molecule has 1 N–H and O–H groups in total. The van der Waals surface area contributed by atoms with Gasteiger partial charge in [-0.25, -0.2) is 4.98 Å². The third-order valence-electron chi connectivity index (χ3n) is 2.61. The summed E-state index contributed by atoms with van der Waals surface area (Å²) in [6.45, 7) is 7.00. The van der Waals surface area contributed by atoms with E-state index in [1.807, 2.05) is 6.92 Å². The molecule has 0 bridgehead atoms. The summed E-state index contributed by atoms with van der Waals surface area (Å²) in [5.74, 6) is 1.80. The molecule has 18 heavy (non-hydrogen) atoms. The van der Waals surface area contributed by atoms with Crippen LogP contribution in [0.25, 0.3) is 0 Å². The van der Waals surface area contributed by atoms with Crippen LogP contribution >= 0.6 is 23.3 Å². The first kappa shape index (κ1) is 15.4. The highest BCUT2D eigenvalue weighted by Gasteiger charge is 2.22. The summed E-state index contributed by atoms with van der Waals surface area (Å²) in [6.07, 6.45) is 2.74. The molecule has 100 valence electrons. The number of aryl methyl sites for hydroxylation is 1. The number of aromatic nitrogens is 2. The summed E-state index contributed by atoms with van der Waals surface area (Å²) in [5.41, 5.74) is -0.429. The molecule has 0 amide bonds. The lowest BCUT2D eigenvalue weighted by Gasteiger charge is -2.22. The Balaban J connectivity index is 2.37. The van der Waals surface area contributed by atoms with E-state index in [9.17, 15) is 5.26 Å². The van der Waals surface area contributed by atoms with E-state index in [-0.39, 0.29) is 0 Å². The number of rotatable bonds is 8. The fraction of sp³-hybridized carbons (Fsp3) is 0.750. The van der Waals surface area contributed by atoms with E-state index < -0.39 is 5.54 Å². The van der Waals surface area contributed by atoms with Gasteiger partial charge in [0.2, 0.25) is 0 Å². The van der Waals surface area contributed by atoms with Gasteiger partial charge in [-0.15, -0.1) is 0 Å². The monoisotopic (exact) mass is 284 g/mol. The first-order valence-electron chi connectivity index (χ1n) is 6.25. The molecule has 0 spiro atoms. The van der Waals surface area contributed by atoms with Crippen LogP contribution in [0.15, 0.2) is 4.34 Å². The largest absolute Gasteiger partial charge is 0.300 e. The third kappa shape index (κ3) is 4.92. The predicted octanol–water partition coefficient (Wildman–Crippen LogP) is 2.86. The molecular weight excluding hydrogens is 264 g/mol. The number of nitrogens with zero attached hydrogens (tertiary/aromatic N) is 3. The maximum Gasteiger partial charge on any atom is 0.170 e. The minimum absolute atomic E-state index is 0.429. The van der Waals surface area contributed by atoms with Crippen molar-refractivity contribution in [2.75, 3.05) is 12.3 Å². The molecule has 0 saturated heterocycles. The lowest BCUT2D eigenvalue weighted by molar-refractivity contribution is 0.437. The minimum atomic E-state index is -0.429. The van der Waals surface area contributed by atoms with E-state index in [2.05, 4.69) is 34.6 Å². The standard InChI is InChI=1S/C12H20N4S2/c1-4-7-14-12(3,9-13)6-8-17-11-15-10(5-2)16-18-11/h14H,4-8H2,1-3H3. The van der Waals surface area contributed by atoms with E-state index in [4.69, 9.17) is 0 Å². The van der Waals surface area contributed by atoms with Gasteiger partial charge in [-0.05, 0) is 37.8 Å². The topological polar surface area (TPSA) is 61.6 Å². The Bertz CT molecular complexity index is 399. The number of nitrogens with one attached hydrogen (secondary N) is 1. The highest BCUT2D eigenvalue weighted by molar-refractivity contribution is 8.00. The molecule has 6 heteroatoms. The van der Waals surface area contributed by atoms with Crippen molar-refractivity contribution >= 4 is 23.3 Å². The summed E-state index contributed by atoms with van der Waals surface area (Å²) >= 11 is 3.13. The maximum atomic E-state index is 9.20. The zero-order chi connectivity index (χ0) is 13.4. The average Bonchev–Trinajstić information content (AvgIpc) is 2.84. The third-order valence-corrected chi connectivity index (χ3v) is 4.48. The van der Waals surface area contributed by atoms with Gasteiger partial charge in [0.25, 0.3) is 0 Å². The second kappa shape index (κ2) is 7.72. The van der Waals surface area contributed by atoms with Gasteiger partial charge in [-0.1, -0.05) is 25.6 Å². The molecule has 1 unspecified atom stereocenters. The van der Waals surface area contributed by atoms with Crippen LogP contribution in [0, 0.1) is 11.3 Å². The molecule has 1 aromatic heterocycles. The van der Waals surface area contributed by atoms with Gasteiger partial charge >= 0.3 is 0 Å². The Kier molecular flexibility index (Phi) is 6.61. The molecule has 0 aliphatic rings. The van der Waals surface area contributed by atoms with Crippen LogP contribution in [0.2, 0.25) is 0 Å². The zero-order valence-corrected chi connectivity index (χ0v) is 12.8. The lowest BCUT2D eigenvalue weighted by Crippen LogP contribution is -2.41. The zero-order valence-electron chi connectivity index (χ0n) is 11.2. The first-order chi connectivity index (χ1) is 8.63. The molecule has 0 aliphatic heterocycles. The minimum Gasteiger partial charge on any atom is -0.300 e. The van der Waals surface area contributed by atoms with Gasteiger partial charge < -0.3 is 0 Å². The predicted molar refractivity (Wildman–Crippen MR) is 76.9 cm³/mol. The van der Waals surface area contributed by atoms with Crippen LogP contribution < -0.4 is 5.32 Å². The summed E-state index contributed by atoms with van der Waals surface area (Å²) in [4.78, 5) is 4.40. The number of hydrogen-bond acceptors (Lipinski definition) is 6. The Morgan fingerprint density at radius 1 is 1.50 bits per heavy atom. The Hall–Kier alpha value is -0.640. The van der Waals surface area contributed by atoms with Crippen molar-refractivity contribution in [3.05, 3.63) is 5.82 Å². The SMILES string of the molecule is CCCNC(C)(C#N)CCSc1nc(CC)ns1. The summed E-state index contributed by atoms with van der Waals surface area (Å²) in [5, 5.41) is 12.5. The van der Waals surface area contributed by atoms with Gasteiger partial charge in [0.05, 0.1) is 6.07 Å². The molecule has 0 radical (unpaired) electrons. The molecule has 1 atom stereocenters. The van der Waals surface area contributed by atoms with E-state index >= 15 is 0 Å². The van der Waals surface area contributed by atoms with E-state index in [1.165, 1.54) is 11.5 Å².